The first-order valence-corrected chi connectivity index (χ1v) is 6.71. The highest BCUT2D eigenvalue weighted by atomic mass is 79.9. The van der Waals surface area contributed by atoms with Gasteiger partial charge in [-0.3, -0.25) is 0 Å². The van der Waals surface area contributed by atoms with Crippen LogP contribution in [0.4, 0.5) is 5.69 Å². The minimum absolute atomic E-state index is 0.555. The molecule has 1 aliphatic rings. The van der Waals surface area contributed by atoms with Crippen LogP contribution in [0.25, 0.3) is 0 Å². The molecule has 2 unspecified atom stereocenters. The summed E-state index contributed by atoms with van der Waals surface area (Å²) in [6.45, 7) is 6.74. The first kappa shape index (κ1) is 11.9. The summed E-state index contributed by atoms with van der Waals surface area (Å²) in [5.74, 6) is 0. The van der Waals surface area contributed by atoms with Gasteiger partial charge < -0.3 is 10.2 Å². The zero-order chi connectivity index (χ0) is 11.5. The fourth-order valence-corrected chi connectivity index (χ4v) is 2.56. The van der Waals surface area contributed by atoms with Crippen molar-refractivity contribution in [1.82, 2.24) is 5.32 Å². The Hall–Kier alpha value is -0.540. The molecule has 2 atom stereocenters. The van der Waals surface area contributed by atoms with E-state index in [2.05, 4.69) is 64.3 Å². The predicted octanol–water partition coefficient (Wildman–Crippen LogP) is 3.03. The molecule has 0 aliphatic carbocycles. The molecule has 1 aliphatic heterocycles. The minimum atomic E-state index is 0.555. The molecule has 0 radical (unpaired) electrons. The Morgan fingerprint density at radius 1 is 1.38 bits per heavy atom. The quantitative estimate of drug-likeness (QED) is 0.852. The summed E-state index contributed by atoms with van der Waals surface area (Å²) in [4.78, 5) is 2.49. The summed E-state index contributed by atoms with van der Waals surface area (Å²) in [6, 6.07) is 9.75. The van der Waals surface area contributed by atoms with E-state index in [0.29, 0.717) is 12.1 Å². The monoisotopic (exact) mass is 282 g/mol. The van der Waals surface area contributed by atoms with Gasteiger partial charge in [0.2, 0.25) is 0 Å². The van der Waals surface area contributed by atoms with Gasteiger partial charge in [0.25, 0.3) is 0 Å². The van der Waals surface area contributed by atoms with Crippen molar-refractivity contribution in [3.8, 4) is 0 Å². The molecule has 0 saturated carbocycles. The molecule has 1 aromatic carbocycles. The molecule has 1 heterocycles. The lowest BCUT2D eigenvalue weighted by atomic mass is 10.2. The molecule has 0 amide bonds. The molecule has 0 aromatic heterocycles. The SMILES string of the molecule is CC1CCN(c2cccc(Br)c2)C(C)CN1. The average Bonchev–Trinajstić information content (AvgIpc) is 2.42. The second-order valence-corrected chi connectivity index (χ2v) is 5.54. The molecule has 0 spiro atoms. The molecule has 2 rings (SSSR count). The summed E-state index contributed by atoms with van der Waals surface area (Å²) in [5.41, 5.74) is 1.32. The van der Waals surface area contributed by atoms with Crippen LogP contribution in [0, 0.1) is 0 Å². The maximum atomic E-state index is 3.56. The van der Waals surface area contributed by atoms with E-state index in [9.17, 15) is 0 Å². The molecule has 88 valence electrons. The van der Waals surface area contributed by atoms with Gasteiger partial charge in [0.1, 0.15) is 0 Å². The van der Waals surface area contributed by atoms with Crippen molar-refractivity contribution in [2.45, 2.75) is 32.4 Å². The lowest BCUT2D eigenvalue weighted by Crippen LogP contribution is -2.37. The van der Waals surface area contributed by atoms with Gasteiger partial charge in [0.15, 0.2) is 0 Å². The van der Waals surface area contributed by atoms with E-state index in [1.165, 1.54) is 12.1 Å². The van der Waals surface area contributed by atoms with Gasteiger partial charge in [-0.25, -0.2) is 0 Å². The maximum absolute atomic E-state index is 3.56. The summed E-state index contributed by atoms with van der Waals surface area (Å²) in [5, 5.41) is 3.56. The second-order valence-electron chi connectivity index (χ2n) is 4.62. The molecular weight excluding hydrogens is 264 g/mol. The van der Waals surface area contributed by atoms with Crippen molar-refractivity contribution in [2.24, 2.45) is 0 Å². The number of halogens is 1. The third-order valence-electron chi connectivity index (χ3n) is 3.24. The van der Waals surface area contributed by atoms with Gasteiger partial charge in [-0.15, -0.1) is 0 Å². The number of rotatable bonds is 1. The summed E-state index contributed by atoms with van der Waals surface area (Å²) >= 11 is 3.54. The predicted molar refractivity (Wildman–Crippen MR) is 73.0 cm³/mol. The summed E-state index contributed by atoms with van der Waals surface area (Å²) in [7, 11) is 0. The van der Waals surface area contributed by atoms with Crippen LogP contribution in [0.1, 0.15) is 20.3 Å². The fraction of sp³-hybridized carbons (Fsp3) is 0.538. The van der Waals surface area contributed by atoms with Crippen LogP contribution < -0.4 is 10.2 Å². The standard InChI is InChI=1S/C13H19BrN2/c1-10-6-7-16(11(2)9-15-10)13-5-3-4-12(14)8-13/h3-5,8,10-11,15H,6-7,9H2,1-2H3. The largest absolute Gasteiger partial charge is 0.367 e. The van der Waals surface area contributed by atoms with E-state index in [0.717, 1.165) is 17.6 Å². The fourth-order valence-electron chi connectivity index (χ4n) is 2.18. The maximum Gasteiger partial charge on any atom is 0.0386 e. The molecule has 1 aromatic rings. The number of anilines is 1. The molecule has 16 heavy (non-hydrogen) atoms. The van der Waals surface area contributed by atoms with Gasteiger partial charge >= 0.3 is 0 Å². The first-order valence-electron chi connectivity index (χ1n) is 5.92. The first-order chi connectivity index (χ1) is 7.66. The van der Waals surface area contributed by atoms with Crippen LogP contribution in [0.15, 0.2) is 28.7 Å². The number of hydrogen-bond acceptors (Lipinski definition) is 2. The van der Waals surface area contributed by atoms with Crippen LogP contribution in [-0.2, 0) is 0 Å². The second kappa shape index (κ2) is 5.19. The van der Waals surface area contributed by atoms with Crippen molar-refractivity contribution in [2.75, 3.05) is 18.0 Å². The van der Waals surface area contributed by atoms with Gasteiger partial charge in [-0.2, -0.15) is 0 Å². The summed E-state index contributed by atoms with van der Waals surface area (Å²) in [6.07, 6.45) is 1.21. The molecule has 1 N–H and O–H groups in total. The smallest absolute Gasteiger partial charge is 0.0386 e. The molecule has 2 nitrogen and oxygen atoms in total. The van der Waals surface area contributed by atoms with E-state index in [1.54, 1.807) is 0 Å². The van der Waals surface area contributed by atoms with E-state index in [1.807, 2.05) is 0 Å². The number of hydrogen-bond donors (Lipinski definition) is 1. The highest BCUT2D eigenvalue weighted by Gasteiger charge is 2.19. The van der Waals surface area contributed by atoms with E-state index < -0.39 is 0 Å². The van der Waals surface area contributed by atoms with E-state index in [-0.39, 0.29) is 0 Å². The van der Waals surface area contributed by atoms with E-state index in [4.69, 9.17) is 0 Å². The Morgan fingerprint density at radius 3 is 2.94 bits per heavy atom. The van der Waals surface area contributed by atoms with Crippen LogP contribution in [-0.4, -0.2) is 25.2 Å². The van der Waals surface area contributed by atoms with Gasteiger partial charge in [-0.1, -0.05) is 22.0 Å². The molecule has 1 saturated heterocycles. The summed E-state index contributed by atoms with van der Waals surface area (Å²) < 4.78 is 1.16. The Morgan fingerprint density at radius 2 is 2.19 bits per heavy atom. The third-order valence-corrected chi connectivity index (χ3v) is 3.73. The number of nitrogens with zero attached hydrogens (tertiary/aromatic N) is 1. The molecular formula is C13H19BrN2. The average molecular weight is 283 g/mol. The zero-order valence-corrected chi connectivity index (χ0v) is 11.5. The van der Waals surface area contributed by atoms with Gasteiger partial charge in [-0.05, 0) is 38.5 Å². The Labute approximate surface area is 106 Å². The molecule has 1 fully saturated rings. The zero-order valence-electron chi connectivity index (χ0n) is 9.91. The normalized spacial score (nSPS) is 26.6. The van der Waals surface area contributed by atoms with Crippen molar-refractivity contribution >= 4 is 21.6 Å². The third kappa shape index (κ3) is 2.77. The number of benzene rings is 1. The molecule has 3 heteroatoms. The Bertz CT molecular complexity index is 354. The van der Waals surface area contributed by atoms with Gasteiger partial charge in [0, 0.05) is 35.3 Å². The van der Waals surface area contributed by atoms with E-state index >= 15 is 0 Å². The van der Waals surface area contributed by atoms with Crippen molar-refractivity contribution in [3.63, 3.8) is 0 Å². The van der Waals surface area contributed by atoms with Gasteiger partial charge in [0.05, 0.1) is 0 Å². The van der Waals surface area contributed by atoms with Crippen LogP contribution in [0.3, 0.4) is 0 Å². The van der Waals surface area contributed by atoms with Crippen molar-refractivity contribution in [3.05, 3.63) is 28.7 Å². The van der Waals surface area contributed by atoms with Crippen LogP contribution in [0.5, 0.6) is 0 Å². The van der Waals surface area contributed by atoms with Crippen molar-refractivity contribution < 1.29 is 0 Å². The lowest BCUT2D eigenvalue weighted by Gasteiger charge is -2.29. The topological polar surface area (TPSA) is 15.3 Å². The van der Waals surface area contributed by atoms with Crippen LogP contribution in [0.2, 0.25) is 0 Å². The lowest BCUT2D eigenvalue weighted by molar-refractivity contribution is 0.548. The Balaban J connectivity index is 2.18. The molecule has 0 bridgehead atoms. The minimum Gasteiger partial charge on any atom is -0.367 e. The highest BCUT2D eigenvalue weighted by molar-refractivity contribution is 9.10. The van der Waals surface area contributed by atoms with Crippen LogP contribution >= 0.6 is 15.9 Å². The highest BCUT2D eigenvalue weighted by Crippen LogP contribution is 2.23. The van der Waals surface area contributed by atoms with Crippen molar-refractivity contribution in [1.29, 1.82) is 0 Å². The number of nitrogens with one attached hydrogen (secondary N) is 1. The Kier molecular flexibility index (Phi) is 3.87.